The van der Waals surface area contributed by atoms with Crippen LogP contribution in [-0.4, -0.2) is 30.4 Å². The summed E-state index contributed by atoms with van der Waals surface area (Å²) in [6.45, 7) is 3.65. The van der Waals surface area contributed by atoms with E-state index < -0.39 is 5.97 Å². The molecule has 0 unspecified atom stereocenters. The van der Waals surface area contributed by atoms with Crippen molar-refractivity contribution in [2.75, 3.05) is 19.5 Å². The lowest BCUT2D eigenvalue weighted by molar-refractivity contribution is -0.132. The second-order valence-corrected chi connectivity index (χ2v) is 3.48. The van der Waals surface area contributed by atoms with Gasteiger partial charge in [-0.1, -0.05) is 17.8 Å². The van der Waals surface area contributed by atoms with E-state index in [0.717, 1.165) is 0 Å². The zero-order chi connectivity index (χ0) is 12.0. The minimum absolute atomic E-state index is 0.0164. The highest BCUT2D eigenvalue weighted by Crippen LogP contribution is 2.12. The minimum Gasteiger partial charge on any atom is -0.464 e. The lowest BCUT2D eigenvalue weighted by atomic mass is 10.3. The molecule has 7 heteroatoms. The van der Waals surface area contributed by atoms with Gasteiger partial charge in [0.15, 0.2) is 5.13 Å². The lowest BCUT2D eigenvalue weighted by Gasteiger charge is -2.00. The van der Waals surface area contributed by atoms with Crippen molar-refractivity contribution in [2.45, 2.75) is 0 Å². The normalized spacial score (nSPS) is 10.9. The summed E-state index contributed by atoms with van der Waals surface area (Å²) < 4.78 is 4.55. The number of rotatable bonds is 5. The van der Waals surface area contributed by atoms with Gasteiger partial charge in [0.05, 0.1) is 7.11 Å². The Morgan fingerprint density at radius 3 is 3.06 bits per heavy atom. The van der Waals surface area contributed by atoms with Crippen LogP contribution in [0.2, 0.25) is 0 Å². The predicted octanol–water partition coefficient (Wildman–Crippen LogP) is 0.805. The number of nitrogens with zero attached hydrogens (tertiary/aromatic N) is 2. The molecule has 6 nitrogen and oxygen atoms in total. The molecule has 0 saturated carbocycles. The summed E-state index contributed by atoms with van der Waals surface area (Å²) in [5.74, 6) is -0.630. The molecule has 0 saturated heterocycles. The smallest absolute Gasteiger partial charge is 0.362 e. The molecular weight excluding hydrogens is 230 g/mol. The number of anilines is 1. The van der Waals surface area contributed by atoms with Gasteiger partial charge in [-0.3, -0.25) is 0 Å². The van der Waals surface area contributed by atoms with Crippen LogP contribution in [0.4, 0.5) is 5.13 Å². The monoisotopic (exact) mass is 241 g/mol. The fraction of sp³-hybridized carbons (Fsp3) is 0.222. The molecule has 0 radical (unpaired) electrons. The topological polar surface area (TPSA) is 86.8 Å². The number of thiazole rings is 1. The van der Waals surface area contributed by atoms with Crippen molar-refractivity contribution in [3.63, 3.8) is 0 Å². The second kappa shape index (κ2) is 5.86. The van der Waals surface area contributed by atoms with Crippen molar-refractivity contribution < 1.29 is 14.4 Å². The zero-order valence-electron chi connectivity index (χ0n) is 8.67. The van der Waals surface area contributed by atoms with Gasteiger partial charge in [0.2, 0.25) is 5.71 Å². The number of methoxy groups -OCH3 is 1. The molecule has 0 spiro atoms. The van der Waals surface area contributed by atoms with Crippen LogP contribution in [-0.2, 0) is 14.4 Å². The molecule has 1 aromatic heterocycles. The van der Waals surface area contributed by atoms with Crippen molar-refractivity contribution in [2.24, 2.45) is 5.16 Å². The van der Waals surface area contributed by atoms with Gasteiger partial charge in [-0.05, 0) is 0 Å². The summed E-state index contributed by atoms with van der Waals surface area (Å²) in [5, 5.41) is 5.57. The molecule has 1 aromatic rings. The maximum atomic E-state index is 11.4. The van der Waals surface area contributed by atoms with Gasteiger partial charge in [0, 0.05) is 5.38 Å². The van der Waals surface area contributed by atoms with E-state index in [4.69, 9.17) is 10.6 Å². The molecule has 1 heterocycles. The van der Waals surface area contributed by atoms with Crippen molar-refractivity contribution >= 4 is 28.1 Å². The molecule has 0 aliphatic carbocycles. The number of hydrogen-bond acceptors (Lipinski definition) is 7. The first-order chi connectivity index (χ1) is 7.69. The first-order valence-electron chi connectivity index (χ1n) is 4.29. The summed E-state index contributed by atoms with van der Waals surface area (Å²) in [4.78, 5) is 20.1. The molecule has 1 rings (SSSR count). The Kier molecular flexibility index (Phi) is 4.46. The van der Waals surface area contributed by atoms with E-state index in [1.807, 2.05) is 0 Å². The van der Waals surface area contributed by atoms with Crippen LogP contribution in [0.1, 0.15) is 5.69 Å². The number of carbonyl (C=O) groups is 1. The number of hydrogen-bond donors (Lipinski definition) is 1. The molecule has 0 amide bonds. The maximum Gasteiger partial charge on any atom is 0.362 e. The molecule has 86 valence electrons. The van der Waals surface area contributed by atoms with Gasteiger partial charge in [0.1, 0.15) is 12.3 Å². The third-order valence-corrected chi connectivity index (χ3v) is 2.17. The number of oxime groups is 1. The molecule has 0 aromatic carbocycles. The van der Waals surface area contributed by atoms with Gasteiger partial charge in [-0.25, -0.2) is 9.78 Å². The predicted molar refractivity (Wildman–Crippen MR) is 61.2 cm³/mol. The van der Waals surface area contributed by atoms with E-state index in [2.05, 4.69) is 21.5 Å². The van der Waals surface area contributed by atoms with Crippen LogP contribution < -0.4 is 5.73 Å². The number of nitrogens with two attached hydrogens (primary N) is 1. The van der Waals surface area contributed by atoms with E-state index in [0.29, 0.717) is 10.8 Å². The van der Waals surface area contributed by atoms with Crippen LogP contribution in [0, 0.1) is 0 Å². The lowest BCUT2D eigenvalue weighted by Crippen LogP contribution is -2.18. The van der Waals surface area contributed by atoms with Crippen molar-refractivity contribution in [1.82, 2.24) is 4.98 Å². The van der Waals surface area contributed by atoms with Gasteiger partial charge in [-0.15, -0.1) is 11.3 Å². The number of aromatic nitrogens is 1. The van der Waals surface area contributed by atoms with Crippen LogP contribution >= 0.6 is 11.3 Å². The van der Waals surface area contributed by atoms with E-state index in [-0.39, 0.29) is 12.3 Å². The Hall–Kier alpha value is -1.89. The summed E-state index contributed by atoms with van der Waals surface area (Å²) in [5.41, 5.74) is 5.77. The Balaban J connectivity index is 2.91. The Morgan fingerprint density at radius 1 is 1.81 bits per heavy atom. The molecule has 0 aliphatic heterocycles. The van der Waals surface area contributed by atoms with Crippen molar-refractivity contribution in [3.05, 3.63) is 23.7 Å². The number of nitrogen functional groups attached to an aromatic ring is 1. The quantitative estimate of drug-likeness (QED) is 0.271. The Labute approximate surface area is 96.4 Å². The first kappa shape index (κ1) is 12.2. The van der Waals surface area contributed by atoms with Crippen LogP contribution in [0.25, 0.3) is 0 Å². The molecule has 0 bridgehead atoms. The number of carbonyl (C=O) groups excluding carboxylic acids is 1. The number of ether oxygens (including phenoxy) is 1. The van der Waals surface area contributed by atoms with E-state index in [9.17, 15) is 4.79 Å². The highest BCUT2D eigenvalue weighted by molar-refractivity contribution is 7.13. The SMILES string of the molecule is C=CCO/N=C(/C(=O)OC)c1csc(N)n1. The van der Waals surface area contributed by atoms with Crippen molar-refractivity contribution in [3.8, 4) is 0 Å². The highest BCUT2D eigenvalue weighted by atomic mass is 32.1. The largest absolute Gasteiger partial charge is 0.464 e. The highest BCUT2D eigenvalue weighted by Gasteiger charge is 2.18. The van der Waals surface area contributed by atoms with Gasteiger partial charge in [-0.2, -0.15) is 0 Å². The summed E-state index contributed by atoms with van der Waals surface area (Å²) in [7, 11) is 1.25. The van der Waals surface area contributed by atoms with Crippen molar-refractivity contribution in [1.29, 1.82) is 0 Å². The average Bonchev–Trinajstić information content (AvgIpc) is 2.70. The Bertz CT molecular complexity index is 414. The summed E-state index contributed by atoms with van der Waals surface area (Å²) >= 11 is 1.20. The fourth-order valence-corrected chi connectivity index (χ4v) is 1.38. The average molecular weight is 241 g/mol. The van der Waals surface area contributed by atoms with Gasteiger partial charge in [0.25, 0.3) is 0 Å². The number of esters is 1. The standard InChI is InChI=1S/C9H11N3O3S/c1-3-4-15-12-7(8(13)14-2)6-5-16-9(10)11-6/h3,5H,1,4H2,2H3,(H2,10,11)/b12-7+. The minimum atomic E-state index is -0.630. The molecule has 2 N–H and O–H groups in total. The summed E-state index contributed by atoms with van der Waals surface area (Å²) in [6, 6.07) is 0. The fourth-order valence-electron chi connectivity index (χ4n) is 0.836. The molecule has 0 aliphatic rings. The zero-order valence-corrected chi connectivity index (χ0v) is 9.49. The molecular formula is C9H11N3O3S. The molecule has 0 fully saturated rings. The van der Waals surface area contributed by atoms with E-state index in [1.165, 1.54) is 24.5 Å². The van der Waals surface area contributed by atoms with Gasteiger partial charge >= 0.3 is 5.97 Å². The maximum absolute atomic E-state index is 11.4. The van der Waals surface area contributed by atoms with Crippen LogP contribution in [0.3, 0.4) is 0 Å². The Morgan fingerprint density at radius 2 is 2.56 bits per heavy atom. The molecule has 0 atom stereocenters. The van der Waals surface area contributed by atoms with E-state index in [1.54, 1.807) is 5.38 Å². The third kappa shape index (κ3) is 3.06. The summed E-state index contributed by atoms with van der Waals surface area (Å²) in [6.07, 6.45) is 1.51. The second-order valence-electron chi connectivity index (χ2n) is 2.59. The molecule has 16 heavy (non-hydrogen) atoms. The first-order valence-corrected chi connectivity index (χ1v) is 5.17. The van der Waals surface area contributed by atoms with E-state index >= 15 is 0 Å². The van der Waals surface area contributed by atoms with Gasteiger partial charge < -0.3 is 15.3 Å². The van der Waals surface area contributed by atoms with Crippen LogP contribution in [0.5, 0.6) is 0 Å². The third-order valence-electron chi connectivity index (χ3n) is 1.49. The van der Waals surface area contributed by atoms with Crippen LogP contribution in [0.15, 0.2) is 23.2 Å².